The molecule has 1 aliphatic rings. The van der Waals surface area contributed by atoms with Gasteiger partial charge in [0, 0.05) is 30.1 Å². The lowest BCUT2D eigenvalue weighted by Crippen LogP contribution is -2.44. The molecule has 1 aliphatic heterocycles. The summed E-state index contributed by atoms with van der Waals surface area (Å²) in [7, 11) is -3.55. The molecule has 0 saturated carbocycles. The Morgan fingerprint density at radius 1 is 1.10 bits per heavy atom. The van der Waals surface area contributed by atoms with Gasteiger partial charge in [0.1, 0.15) is 0 Å². The van der Waals surface area contributed by atoms with Gasteiger partial charge in [0.25, 0.3) is 0 Å². The van der Waals surface area contributed by atoms with E-state index in [0.29, 0.717) is 31.0 Å². The van der Waals surface area contributed by atoms with Crippen LogP contribution in [0.5, 0.6) is 0 Å². The van der Waals surface area contributed by atoms with E-state index in [-0.39, 0.29) is 22.8 Å². The topological polar surface area (TPSA) is 66.5 Å². The summed E-state index contributed by atoms with van der Waals surface area (Å²) in [6.07, 6.45) is 2.85. The van der Waals surface area contributed by atoms with Crippen molar-refractivity contribution in [3.63, 3.8) is 0 Å². The summed E-state index contributed by atoms with van der Waals surface area (Å²) in [4.78, 5) is 12.8. The van der Waals surface area contributed by atoms with Crippen LogP contribution in [0.15, 0.2) is 59.5 Å². The van der Waals surface area contributed by atoms with Gasteiger partial charge in [0.2, 0.25) is 15.9 Å². The van der Waals surface area contributed by atoms with Crippen LogP contribution in [0.2, 0.25) is 5.02 Å². The number of carbonyl (C=O) groups excluding carboxylic acids is 1. The molecule has 0 bridgehead atoms. The fourth-order valence-corrected chi connectivity index (χ4v) is 5.17. The number of hydrogen-bond donors (Lipinski definition) is 1. The van der Waals surface area contributed by atoms with Crippen LogP contribution in [0.25, 0.3) is 0 Å². The molecular formula is C22H27ClN2O3S. The molecule has 29 heavy (non-hydrogen) atoms. The van der Waals surface area contributed by atoms with Crippen molar-refractivity contribution >= 4 is 27.5 Å². The van der Waals surface area contributed by atoms with Crippen LogP contribution in [0.1, 0.15) is 31.7 Å². The Hall–Kier alpha value is -1.89. The summed E-state index contributed by atoms with van der Waals surface area (Å²) >= 11 is 5.85. The number of rotatable bonds is 7. The summed E-state index contributed by atoms with van der Waals surface area (Å²) in [5, 5.41) is 3.59. The van der Waals surface area contributed by atoms with E-state index in [9.17, 15) is 13.2 Å². The molecule has 1 saturated heterocycles. The number of halogens is 1. The number of carbonyl (C=O) groups is 1. The van der Waals surface area contributed by atoms with Crippen LogP contribution in [0, 0.1) is 5.92 Å². The van der Waals surface area contributed by atoms with Gasteiger partial charge in [-0.25, -0.2) is 8.42 Å². The van der Waals surface area contributed by atoms with E-state index < -0.39 is 10.0 Å². The normalized spacial score (nSPS) is 17.0. The molecule has 0 radical (unpaired) electrons. The smallest absolute Gasteiger partial charge is 0.243 e. The molecule has 0 unspecified atom stereocenters. The zero-order valence-corrected chi connectivity index (χ0v) is 18.1. The Morgan fingerprint density at radius 2 is 1.72 bits per heavy atom. The number of amides is 1. The third kappa shape index (κ3) is 5.81. The summed E-state index contributed by atoms with van der Waals surface area (Å²) in [6, 6.07) is 16.5. The molecule has 0 aliphatic carbocycles. The van der Waals surface area contributed by atoms with Crippen molar-refractivity contribution in [2.45, 2.75) is 43.5 Å². The standard InChI is InChI=1S/C22H27ClN2O3S/c1-17(7-8-18-5-3-2-4-6-18)24-22(26)19-13-15-25(16-14-19)29(27,28)21-11-9-20(23)10-12-21/h2-6,9-12,17,19H,7-8,13-16H2,1H3,(H,24,26)/t17-/m0/s1. The average Bonchev–Trinajstić information content (AvgIpc) is 2.73. The van der Waals surface area contributed by atoms with Gasteiger partial charge in [-0.1, -0.05) is 41.9 Å². The first-order valence-electron chi connectivity index (χ1n) is 9.96. The number of aryl methyl sites for hydroxylation is 1. The van der Waals surface area contributed by atoms with Crippen molar-refractivity contribution in [2.24, 2.45) is 5.92 Å². The van der Waals surface area contributed by atoms with Crippen LogP contribution in [0.3, 0.4) is 0 Å². The van der Waals surface area contributed by atoms with E-state index >= 15 is 0 Å². The monoisotopic (exact) mass is 434 g/mol. The Kier molecular flexibility index (Phi) is 7.33. The predicted molar refractivity (Wildman–Crippen MR) is 115 cm³/mol. The maximum absolute atomic E-state index is 12.8. The second-order valence-corrected chi connectivity index (χ2v) is 9.94. The maximum Gasteiger partial charge on any atom is 0.243 e. The molecule has 1 atom stereocenters. The molecule has 1 amide bonds. The molecule has 3 rings (SSSR count). The third-order valence-corrected chi connectivity index (χ3v) is 7.54. The zero-order valence-electron chi connectivity index (χ0n) is 16.6. The molecule has 156 valence electrons. The number of benzene rings is 2. The molecule has 0 spiro atoms. The van der Waals surface area contributed by atoms with Crippen LogP contribution in [-0.2, 0) is 21.2 Å². The maximum atomic E-state index is 12.8. The molecule has 2 aromatic rings. The van der Waals surface area contributed by atoms with Crippen LogP contribution >= 0.6 is 11.6 Å². The molecule has 5 nitrogen and oxygen atoms in total. The van der Waals surface area contributed by atoms with E-state index in [1.807, 2.05) is 25.1 Å². The molecule has 1 fully saturated rings. The van der Waals surface area contributed by atoms with Crippen molar-refractivity contribution in [2.75, 3.05) is 13.1 Å². The lowest BCUT2D eigenvalue weighted by atomic mass is 9.96. The second-order valence-electron chi connectivity index (χ2n) is 7.57. The van der Waals surface area contributed by atoms with Gasteiger partial charge in [0.05, 0.1) is 4.90 Å². The SMILES string of the molecule is C[C@@H](CCc1ccccc1)NC(=O)C1CCN(S(=O)(=O)c2ccc(Cl)cc2)CC1. The van der Waals surface area contributed by atoms with Gasteiger partial charge in [-0.05, 0) is 62.4 Å². The molecule has 0 aromatic heterocycles. The van der Waals surface area contributed by atoms with Gasteiger partial charge in [-0.2, -0.15) is 4.31 Å². The summed E-state index contributed by atoms with van der Waals surface area (Å²) in [5.74, 6) is -0.125. The van der Waals surface area contributed by atoms with Crippen molar-refractivity contribution in [1.29, 1.82) is 0 Å². The summed E-state index contributed by atoms with van der Waals surface area (Å²) < 4.78 is 27.0. The summed E-state index contributed by atoms with van der Waals surface area (Å²) in [5.41, 5.74) is 1.26. The molecular weight excluding hydrogens is 408 g/mol. The number of hydrogen-bond acceptors (Lipinski definition) is 3. The third-order valence-electron chi connectivity index (χ3n) is 5.37. The van der Waals surface area contributed by atoms with E-state index in [2.05, 4.69) is 17.4 Å². The Balaban J connectivity index is 1.48. The van der Waals surface area contributed by atoms with Crippen molar-refractivity contribution in [1.82, 2.24) is 9.62 Å². The zero-order chi connectivity index (χ0) is 20.9. The van der Waals surface area contributed by atoms with Crippen molar-refractivity contribution < 1.29 is 13.2 Å². The number of sulfonamides is 1. The van der Waals surface area contributed by atoms with E-state index in [0.717, 1.165) is 12.8 Å². The Labute approximate surface area is 178 Å². The number of nitrogens with one attached hydrogen (secondary N) is 1. The first-order valence-corrected chi connectivity index (χ1v) is 11.8. The number of piperidine rings is 1. The molecule has 1 heterocycles. The summed E-state index contributed by atoms with van der Waals surface area (Å²) in [6.45, 7) is 2.71. The van der Waals surface area contributed by atoms with Crippen molar-refractivity contribution in [3.8, 4) is 0 Å². The highest BCUT2D eigenvalue weighted by atomic mass is 35.5. The average molecular weight is 435 g/mol. The van der Waals surface area contributed by atoms with Crippen molar-refractivity contribution in [3.05, 3.63) is 65.2 Å². The van der Waals surface area contributed by atoms with Gasteiger partial charge >= 0.3 is 0 Å². The first kappa shape index (κ1) is 21.8. The fraction of sp³-hybridized carbons (Fsp3) is 0.409. The molecule has 1 N–H and O–H groups in total. The lowest BCUT2D eigenvalue weighted by Gasteiger charge is -2.31. The highest BCUT2D eigenvalue weighted by molar-refractivity contribution is 7.89. The molecule has 2 aromatic carbocycles. The van der Waals surface area contributed by atoms with Gasteiger partial charge in [-0.15, -0.1) is 0 Å². The minimum Gasteiger partial charge on any atom is -0.353 e. The quantitative estimate of drug-likeness (QED) is 0.719. The Bertz CT molecular complexity index is 909. The fourth-order valence-electron chi connectivity index (χ4n) is 3.57. The van der Waals surface area contributed by atoms with Crippen LogP contribution < -0.4 is 5.32 Å². The van der Waals surface area contributed by atoms with E-state index in [1.54, 1.807) is 12.1 Å². The van der Waals surface area contributed by atoms with E-state index in [4.69, 9.17) is 11.6 Å². The lowest BCUT2D eigenvalue weighted by molar-refractivity contribution is -0.126. The van der Waals surface area contributed by atoms with E-state index in [1.165, 1.54) is 22.0 Å². The number of nitrogens with zero attached hydrogens (tertiary/aromatic N) is 1. The molecule has 7 heteroatoms. The first-order chi connectivity index (χ1) is 13.9. The van der Waals surface area contributed by atoms with Gasteiger partial charge < -0.3 is 5.32 Å². The van der Waals surface area contributed by atoms with Crippen LogP contribution in [-0.4, -0.2) is 37.8 Å². The Morgan fingerprint density at radius 3 is 2.34 bits per heavy atom. The highest BCUT2D eigenvalue weighted by Gasteiger charge is 2.32. The predicted octanol–water partition coefficient (Wildman–Crippen LogP) is 3.88. The van der Waals surface area contributed by atoms with Gasteiger partial charge in [-0.3, -0.25) is 4.79 Å². The minimum atomic E-state index is -3.55. The largest absolute Gasteiger partial charge is 0.353 e. The van der Waals surface area contributed by atoms with Gasteiger partial charge in [0.15, 0.2) is 0 Å². The highest BCUT2D eigenvalue weighted by Crippen LogP contribution is 2.25. The van der Waals surface area contributed by atoms with Crippen LogP contribution in [0.4, 0.5) is 0 Å². The minimum absolute atomic E-state index is 0.0223. The second kappa shape index (κ2) is 9.74.